The molecule has 2 saturated carbocycles. The molecule has 1 aromatic rings. The molecule has 9 nitrogen and oxygen atoms in total. The zero-order valence-corrected chi connectivity index (χ0v) is 25.9. The number of aromatic nitrogens is 1. The van der Waals surface area contributed by atoms with E-state index in [2.05, 4.69) is 11.9 Å². The Morgan fingerprint density at radius 1 is 0.800 bits per heavy atom. The summed E-state index contributed by atoms with van der Waals surface area (Å²) in [7, 11) is 9.59. The number of halogens is 2. The predicted octanol–water partition coefficient (Wildman–Crippen LogP) is 8.70. The molecule has 1 aliphatic heterocycles. The molecule has 0 radical (unpaired) electrons. The molecule has 3 aliphatic rings. The number of fused-ring (bicyclic) bond motifs is 4. The van der Waals surface area contributed by atoms with Gasteiger partial charge in [-0.1, -0.05) is 71.1 Å². The Balaban J connectivity index is 0. The summed E-state index contributed by atoms with van der Waals surface area (Å²) >= 11 is 0.00694. The normalized spacial score (nSPS) is 25.7. The number of hydrogen-bond acceptors (Lipinski definition) is 3. The Morgan fingerprint density at radius 3 is 1.57 bits per heavy atom. The molecule has 2 N–H and O–H groups in total. The molecule has 2 heterocycles. The van der Waals surface area contributed by atoms with E-state index in [4.69, 9.17) is 41.5 Å². The average molecular weight is 646 g/mol. The summed E-state index contributed by atoms with van der Waals surface area (Å²) in [6.07, 6.45) is 11.2. The van der Waals surface area contributed by atoms with Crippen molar-refractivity contribution in [2.24, 2.45) is 0 Å². The van der Waals surface area contributed by atoms with Gasteiger partial charge in [0.1, 0.15) is 0 Å². The van der Waals surface area contributed by atoms with Gasteiger partial charge in [0.15, 0.2) is 0 Å². The first-order valence-corrected chi connectivity index (χ1v) is 17.7. The van der Waals surface area contributed by atoms with Gasteiger partial charge in [0.05, 0.1) is 11.1 Å². The Hall–Kier alpha value is -0.971. The van der Waals surface area contributed by atoms with Gasteiger partial charge in [-0.15, -0.1) is 13.1 Å². The third kappa shape index (κ3) is 9.53. The van der Waals surface area contributed by atoms with Crippen LogP contribution in [0.2, 0.25) is 0 Å². The number of rotatable bonds is 6. The Morgan fingerprint density at radius 2 is 1.20 bits per heavy atom. The molecule has 0 amide bonds. The minimum absolute atomic E-state index is 0. The topological polar surface area (TPSA) is 144 Å². The summed E-state index contributed by atoms with van der Waals surface area (Å²) in [6.45, 7) is 3.74. The van der Waals surface area contributed by atoms with Crippen molar-refractivity contribution in [2.45, 2.75) is 121 Å². The fourth-order valence-corrected chi connectivity index (χ4v) is 6.17. The summed E-state index contributed by atoms with van der Waals surface area (Å²) in [6, 6.07) is 0.299. The van der Waals surface area contributed by atoms with Crippen LogP contribution in [0, 0.1) is 0 Å². The van der Waals surface area contributed by atoms with Gasteiger partial charge in [-0.05, 0) is 18.4 Å². The van der Waals surface area contributed by atoms with Crippen LogP contribution in [0.1, 0.15) is 121 Å². The molecule has 0 saturated heterocycles. The quantitative estimate of drug-likeness (QED) is 0.235. The summed E-state index contributed by atoms with van der Waals surface area (Å²) in [5.74, 6) is -2.27. The predicted molar refractivity (Wildman–Crippen MR) is 164 cm³/mol. The van der Waals surface area contributed by atoms with Gasteiger partial charge in [0.2, 0.25) is 0 Å². The van der Waals surface area contributed by atoms with Crippen molar-refractivity contribution in [3.8, 4) is 0 Å². The minimum Gasteiger partial charge on any atom is 0 e. The van der Waals surface area contributed by atoms with Gasteiger partial charge in [-0.3, -0.25) is 4.98 Å². The molecule has 235 valence electrons. The van der Waals surface area contributed by atoms with Gasteiger partial charge in [0.25, 0.3) is 0 Å². The average Bonchev–Trinajstić information content (AvgIpc) is 2.94. The van der Waals surface area contributed by atoms with Crippen molar-refractivity contribution in [1.29, 1.82) is 0 Å². The minimum atomic E-state index is -1.14. The fraction of sp³-hybridized carbons (Fsp3) is 0.750. The second-order valence-corrected chi connectivity index (χ2v) is 12.6. The smallest absolute Gasteiger partial charge is 0 e. The first-order valence-electron chi connectivity index (χ1n) is 14.5. The van der Waals surface area contributed by atoms with Crippen LogP contribution in [0.15, 0.2) is 0 Å². The van der Waals surface area contributed by atoms with Crippen molar-refractivity contribution in [3.63, 3.8) is 0 Å². The zero-order valence-electron chi connectivity index (χ0n) is 23.2. The number of carboxylic acids is 2. The standard InChI is InChI=1S/C28H41N5O4.2ClH.Mn.4H2/c1-2-3-4-9-18-25(27(34)35)23-16-31-21-12-7-5-10-19(21)29-14-15-30-20-11-6-8-13-22(20)32-17-24(33-23)26(18)28(36)37;;;;;;;/h19-22H,2-17H2,1H3,(H,34,35)(H,36,37);2*1H;;4*1H/q-4;;;+2;;;;/p-2/t19-,20?,21-,22-;;;;;;;/m1......./s1. The molecule has 4 atom stereocenters. The Labute approximate surface area is 258 Å². The number of nitrogens with zero attached hydrogens (tertiary/aromatic N) is 5. The van der Waals surface area contributed by atoms with E-state index in [-0.39, 0.29) is 67.2 Å². The van der Waals surface area contributed by atoms with Crippen LogP contribution in [0.4, 0.5) is 0 Å². The van der Waals surface area contributed by atoms with Crippen molar-refractivity contribution < 1.29 is 38.6 Å². The Kier molecular flexibility index (Phi) is 15.0. The van der Waals surface area contributed by atoms with E-state index in [1.165, 1.54) is 0 Å². The SMILES string of the molecule is CCCCCc1c(C(=O)O)c2nc(c1C(=O)O)C[N-][C@@H]1CCCC[C@H]1[N-]CC[N-]C1CCCC[C@H]1[N-]C2.[Cl][Mn][Cl].[HH].[HH].[HH].[HH]. The maximum atomic E-state index is 12.5. The molecule has 12 heteroatoms. The Bertz CT molecular complexity index is 926. The third-order valence-electron chi connectivity index (χ3n) is 8.07. The fourth-order valence-electron chi connectivity index (χ4n) is 6.17. The molecule has 1 unspecified atom stereocenters. The van der Waals surface area contributed by atoms with Crippen molar-refractivity contribution in [3.05, 3.63) is 49.3 Å². The number of aromatic carboxylic acids is 2. The van der Waals surface area contributed by atoms with Crippen molar-refractivity contribution in [2.75, 3.05) is 13.1 Å². The molecule has 1 aromatic heterocycles. The van der Waals surface area contributed by atoms with Gasteiger partial charge < -0.3 is 31.5 Å². The van der Waals surface area contributed by atoms with Gasteiger partial charge >= 0.3 is 45.3 Å². The zero-order chi connectivity index (χ0) is 28.9. The second-order valence-electron chi connectivity index (χ2n) is 10.7. The maximum Gasteiger partial charge on any atom is 0 e. The van der Waals surface area contributed by atoms with Gasteiger partial charge in [-0.25, -0.2) is 9.59 Å². The largest absolute Gasteiger partial charge is 0 e. The van der Waals surface area contributed by atoms with Gasteiger partial charge in [-0.2, -0.15) is 37.3 Å². The molecular weight excluding hydrogens is 596 g/mol. The number of unbranched alkanes of at least 4 members (excludes halogenated alkanes) is 2. The first-order chi connectivity index (χ1) is 19.4. The van der Waals surface area contributed by atoms with Crippen LogP contribution in [-0.4, -0.2) is 64.4 Å². The van der Waals surface area contributed by atoms with E-state index in [9.17, 15) is 19.8 Å². The van der Waals surface area contributed by atoms with Gasteiger partial charge in [0, 0.05) is 17.1 Å². The van der Waals surface area contributed by atoms with Crippen LogP contribution in [-0.2, 0) is 32.6 Å². The second kappa shape index (κ2) is 17.9. The van der Waals surface area contributed by atoms with E-state index in [0.29, 0.717) is 36.5 Å². The molecule has 0 spiro atoms. The van der Waals surface area contributed by atoms with Crippen molar-refractivity contribution >= 4 is 32.1 Å². The number of carboxylic acid groups (broad SMARTS) is 2. The van der Waals surface area contributed by atoms with E-state index in [1.807, 2.05) is 0 Å². The monoisotopic (exact) mass is 644 g/mol. The third-order valence-corrected chi connectivity index (χ3v) is 8.07. The van der Waals surface area contributed by atoms with E-state index in [1.54, 1.807) is 0 Å². The van der Waals surface area contributed by atoms with Crippen LogP contribution in [0.3, 0.4) is 0 Å². The van der Waals surface area contributed by atoms with E-state index >= 15 is 0 Å². The summed E-state index contributed by atoms with van der Waals surface area (Å²) < 4.78 is 0. The summed E-state index contributed by atoms with van der Waals surface area (Å²) in [4.78, 5) is 29.7. The summed E-state index contributed by atoms with van der Waals surface area (Å²) in [5.41, 5.74) is 1.12. The van der Waals surface area contributed by atoms with Crippen LogP contribution in [0.5, 0.6) is 0 Å². The summed E-state index contributed by atoms with van der Waals surface area (Å²) in [5, 5.41) is 40.2. The first kappa shape index (κ1) is 33.5. The van der Waals surface area contributed by atoms with Crippen LogP contribution < -0.4 is 0 Å². The number of hydrogen-bond donors (Lipinski definition) is 2. The molecule has 4 rings (SSSR count). The number of carbonyl (C=O) groups is 2. The molecule has 2 aliphatic carbocycles. The molecule has 40 heavy (non-hydrogen) atoms. The number of pyridine rings is 1. The molecule has 0 aromatic carbocycles. The molecule has 2 fully saturated rings. The van der Waals surface area contributed by atoms with Crippen LogP contribution >= 0.6 is 20.2 Å². The van der Waals surface area contributed by atoms with E-state index in [0.717, 1.165) is 70.6 Å². The van der Waals surface area contributed by atoms with Crippen molar-refractivity contribution in [1.82, 2.24) is 4.98 Å². The molecule has 2 bridgehead atoms. The maximum absolute atomic E-state index is 12.5. The van der Waals surface area contributed by atoms with Crippen LogP contribution in [0.25, 0.3) is 21.3 Å². The molecular formula is C28H49Cl2MnN5O4-4. The van der Waals surface area contributed by atoms with E-state index < -0.39 is 11.9 Å².